The summed E-state index contributed by atoms with van der Waals surface area (Å²) in [7, 11) is 0. The summed E-state index contributed by atoms with van der Waals surface area (Å²) in [6.45, 7) is 7.00. The van der Waals surface area contributed by atoms with E-state index in [1.165, 1.54) is 4.88 Å². The van der Waals surface area contributed by atoms with Crippen molar-refractivity contribution in [1.82, 2.24) is 5.32 Å². The van der Waals surface area contributed by atoms with Crippen molar-refractivity contribution in [2.24, 2.45) is 0 Å². The van der Waals surface area contributed by atoms with Crippen molar-refractivity contribution < 1.29 is 4.74 Å². The average Bonchev–Trinajstić information content (AvgIpc) is 2.70. The number of hydrogen-bond donors (Lipinski definition) is 1. The van der Waals surface area contributed by atoms with Gasteiger partial charge in [0.2, 0.25) is 0 Å². The Kier molecular flexibility index (Phi) is 6.64. The van der Waals surface area contributed by atoms with Gasteiger partial charge in [0.25, 0.3) is 0 Å². The van der Waals surface area contributed by atoms with E-state index in [4.69, 9.17) is 4.74 Å². The van der Waals surface area contributed by atoms with Crippen LogP contribution in [0.1, 0.15) is 25.1 Å². The van der Waals surface area contributed by atoms with Gasteiger partial charge >= 0.3 is 0 Å². The van der Waals surface area contributed by atoms with Crippen LogP contribution < -0.4 is 5.32 Å². The highest BCUT2D eigenvalue weighted by Crippen LogP contribution is 2.10. The van der Waals surface area contributed by atoms with Crippen molar-refractivity contribution in [1.29, 1.82) is 0 Å². The molecule has 0 amide bonds. The van der Waals surface area contributed by atoms with Gasteiger partial charge in [0.1, 0.15) is 0 Å². The molecule has 1 rings (SSSR count). The molecule has 0 saturated carbocycles. The Labute approximate surface area is 96.7 Å². The summed E-state index contributed by atoms with van der Waals surface area (Å²) in [4.78, 5) is 1.45. The molecule has 0 fully saturated rings. The smallest absolute Gasteiger partial charge is 0.0590 e. The zero-order valence-electron chi connectivity index (χ0n) is 9.66. The van der Waals surface area contributed by atoms with Crippen LogP contribution in [0.2, 0.25) is 0 Å². The zero-order chi connectivity index (χ0) is 10.9. The molecule has 0 radical (unpaired) electrons. The summed E-state index contributed by atoms with van der Waals surface area (Å²) in [5, 5.41) is 5.59. The highest BCUT2D eigenvalue weighted by molar-refractivity contribution is 7.09. The highest BCUT2D eigenvalue weighted by atomic mass is 32.1. The van der Waals surface area contributed by atoms with Crippen LogP contribution in [0.4, 0.5) is 0 Å². The van der Waals surface area contributed by atoms with E-state index >= 15 is 0 Å². The SMILES string of the molecule is CCCOCCNC(C)Cc1cccs1. The molecule has 0 aliphatic heterocycles. The molecule has 1 aromatic heterocycles. The molecule has 0 aliphatic carbocycles. The summed E-state index contributed by atoms with van der Waals surface area (Å²) in [6.07, 6.45) is 2.22. The number of ether oxygens (including phenoxy) is 1. The van der Waals surface area contributed by atoms with E-state index in [0.29, 0.717) is 6.04 Å². The van der Waals surface area contributed by atoms with Gasteiger partial charge in [-0.25, -0.2) is 0 Å². The third-order valence-electron chi connectivity index (χ3n) is 2.18. The number of hydrogen-bond acceptors (Lipinski definition) is 3. The maximum absolute atomic E-state index is 5.41. The monoisotopic (exact) mass is 227 g/mol. The van der Waals surface area contributed by atoms with Crippen LogP contribution in [-0.2, 0) is 11.2 Å². The molecule has 15 heavy (non-hydrogen) atoms. The van der Waals surface area contributed by atoms with Gasteiger partial charge in [0.05, 0.1) is 6.61 Å². The summed E-state index contributed by atoms with van der Waals surface area (Å²) in [5.74, 6) is 0. The molecule has 0 aromatic carbocycles. The molecule has 1 atom stereocenters. The first-order valence-electron chi connectivity index (χ1n) is 5.66. The fourth-order valence-electron chi connectivity index (χ4n) is 1.43. The molecular formula is C12H21NOS. The fourth-order valence-corrected chi connectivity index (χ4v) is 2.26. The van der Waals surface area contributed by atoms with Gasteiger partial charge < -0.3 is 10.1 Å². The predicted molar refractivity (Wildman–Crippen MR) is 66.6 cm³/mol. The Morgan fingerprint density at radius 2 is 2.33 bits per heavy atom. The van der Waals surface area contributed by atoms with E-state index in [2.05, 4.69) is 36.7 Å². The second-order valence-corrected chi connectivity index (χ2v) is 4.78. The zero-order valence-corrected chi connectivity index (χ0v) is 10.5. The van der Waals surface area contributed by atoms with Crippen LogP contribution in [-0.4, -0.2) is 25.8 Å². The lowest BCUT2D eigenvalue weighted by Gasteiger charge is -2.12. The normalized spacial score (nSPS) is 12.9. The quantitative estimate of drug-likeness (QED) is 0.689. The van der Waals surface area contributed by atoms with Crippen molar-refractivity contribution >= 4 is 11.3 Å². The van der Waals surface area contributed by atoms with E-state index in [1.807, 2.05) is 11.3 Å². The van der Waals surface area contributed by atoms with Crippen molar-refractivity contribution in [2.75, 3.05) is 19.8 Å². The van der Waals surface area contributed by atoms with Crippen LogP contribution in [0, 0.1) is 0 Å². The van der Waals surface area contributed by atoms with E-state index in [-0.39, 0.29) is 0 Å². The van der Waals surface area contributed by atoms with Crippen LogP contribution in [0.15, 0.2) is 17.5 Å². The summed E-state index contributed by atoms with van der Waals surface area (Å²) < 4.78 is 5.41. The highest BCUT2D eigenvalue weighted by Gasteiger charge is 2.02. The van der Waals surface area contributed by atoms with Gasteiger partial charge in [-0.05, 0) is 31.2 Å². The van der Waals surface area contributed by atoms with E-state index in [0.717, 1.165) is 32.6 Å². The molecule has 1 N–H and O–H groups in total. The van der Waals surface area contributed by atoms with Crippen molar-refractivity contribution in [2.45, 2.75) is 32.7 Å². The minimum Gasteiger partial charge on any atom is -0.380 e. The Hall–Kier alpha value is -0.380. The Bertz CT molecular complexity index is 236. The second kappa shape index (κ2) is 7.85. The van der Waals surface area contributed by atoms with Crippen molar-refractivity contribution in [3.05, 3.63) is 22.4 Å². The Morgan fingerprint density at radius 1 is 1.47 bits per heavy atom. The standard InChI is InChI=1S/C12H21NOS/c1-3-7-14-8-6-13-11(2)10-12-5-4-9-15-12/h4-5,9,11,13H,3,6-8,10H2,1-2H3. The number of rotatable bonds is 8. The van der Waals surface area contributed by atoms with E-state index in [1.54, 1.807) is 0 Å². The molecule has 0 spiro atoms. The van der Waals surface area contributed by atoms with Gasteiger partial charge in [-0.3, -0.25) is 0 Å². The van der Waals surface area contributed by atoms with Crippen LogP contribution in [0.5, 0.6) is 0 Å². The average molecular weight is 227 g/mol. The van der Waals surface area contributed by atoms with Gasteiger partial charge in [-0.1, -0.05) is 13.0 Å². The molecule has 1 aromatic rings. The first-order valence-corrected chi connectivity index (χ1v) is 6.54. The molecule has 1 heterocycles. The number of nitrogens with one attached hydrogen (secondary N) is 1. The minimum absolute atomic E-state index is 0.536. The Morgan fingerprint density at radius 3 is 3.00 bits per heavy atom. The lowest BCUT2D eigenvalue weighted by Crippen LogP contribution is -2.31. The van der Waals surface area contributed by atoms with Crippen LogP contribution in [0.25, 0.3) is 0 Å². The molecule has 0 bridgehead atoms. The van der Waals surface area contributed by atoms with Gasteiger partial charge in [-0.15, -0.1) is 11.3 Å². The molecule has 2 nitrogen and oxygen atoms in total. The van der Waals surface area contributed by atoms with Gasteiger partial charge in [0, 0.05) is 24.1 Å². The van der Waals surface area contributed by atoms with Crippen LogP contribution in [0.3, 0.4) is 0 Å². The summed E-state index contributed by atoms with van der Waals surface area (Å²) in [6, 6.07) is 4.84. The minimum atomic E-state index is 0.536. The van der Waals surface area contributed by atoms with Gasteiger partial charge in [0.15, 0.2) is 0 Å². The maximum Gasteiger partial charge on any atom is 0.0590 e. The predicted octanol–water partition coefficient (Wildman–Crippen LogP) is 2.70. The molecule has 0 saturated heterocycles. The van der Waals surface area contributed by atoms with Crippen molar-refractivity contribution in [3.8, 4) is 0 Å². The molecule has 0 aliphatic rings. The first kappa shape index (κ1) is 12.7. The Balaban J connectivity index is 2.01. The largest absolute Gasteiger partial charge is 0.380 e. The van der Waals surface area contributed by atoms with Gasteiger partial charge in [-0.2, -0.15) is 0 Å². The third kappa shape index (κ3) is 5.92. The second-order valence-electron chi connectivity index (χ2n) is 3.75. The first-order chi connectivity index (χ1) is 7.33. The number of thiophene rings is 1. The topological polar surface area (TPSA) is 21.3 Å². The molecule has 1 unspecified atom stereocenters. The van der Waals surface area contributed by atoms with Crippen LogP contribution >= 0.6 is 11.3 Å². The molecule has 86 valence electrons. The van der Waals surface area contributed by atoms with E-state index in [9.17, 15) is 0 Å². The lowest BCUT2D eigenvalue weighted by molar-refractivity contribution is 0.135. The fraction of sp³-hybridized carbons (Fsp3) is 0.667. The summed E-state index contributed by atoms with van der Waals surface area (Å²) in [5.41, 5.74) is 0. The molecular weight excluding hydrogens is 206 g/mol. The maximum atomic E-state index is 5.41. The van der Waals surface area contributed by atoms with Crippen molar-refractivity contribution in [3.63, 3.8) is 0 Å². The summed E-state index contributed by atoms with van der Waals surface area (Å²) >= 11 is 1.83. The molecule has 3 heteroatoms. The lowest BCUT2D eigenvalue weighted by atomic mass is 10.2. The third-order valence-corrected chi connectivity index (χ3v) is 3.07. The van der Waals surface area contributed by atoms with E-state index < -0.39 is 0 Å².